The molecule has 2 aliphatic rings. The van der Waals surface area contributed by atoms with E-state index in [9.17, 15) is 77.0 Å². The van der Waals surface area contributed by atoms with Crippen LogP contribution in [0.5, 0.6) is 0 Å². The summed E-state index contributed by atoms with van der Waals surface area (Å²) in [6.45, 7) is 8.12. The zero-order chi connectivity index (χ0) is 91.3. The highest BCUT2D eigenvalue weighted by Gasteiger charge is 2.35. The predicted octanol–water partition coefficient (Wildman–Crippen LogP) is -0.221. The van der Waals surface area contributed by atoms with Crippen LogP contribution < -0.4 is 59.7 Å². The van der Waals surface area contributed by atoms with Gasteiger partial charge in [-0.2, -0.15) is 0 Å². The van der Waals surface area contributed by atoms with Crippen LogP contribution in [-0.2, 0) is 131 Å². The van der Waals surface area contributed by atoms with E-state index in [1.165, 1.54) is 18.0 Å². The Bertz CT molecular complexity index is 3610. The molecule has 2 saturated heterocycles. The van der Waals surface area contributed by atoms with Crippen molar-refractivity contribution in [3.63, 3.8) is 0 Å². The van der Waals surface area contributed by atoms with Crippen molar-refractivity contribution in [3.05, 3.63) is 71.8 Å². The summed E-state index contributed by atoms with van der Waals surface area (Å²) >= 11 is 1.17. The Morgan fingerprint density at radius 3 is 1.56 bits per heavy atom. The van der Waals surface area contributed by atoms with Gasteiger partial charge in [0.05, 0.1) is 135 Å². The van der Waals surface area contributed by atoms with Crippen molar-refractivity contribution in [1.29, 1.82) is 0 Å². The van der Waals surface area contributed by atoms with Gasteiger partial charge in [0.2, 0.25) is 47.3 Å². The smallest absolute Gasteiger partial charge is 0.304 e. The lowest BCUT2D eigenvalue weighted by molar-refractivity contribution is -0.142. The van der Waals surface area contributed by atoms with Crippen LogP contribution in [0.15, 0.2) is 70.8 Å². The van der Waals surface area contributed by atoms with Crippen LogP contribution in [0.2, 0.25) is 0 Å². The number of oxime groups is 1. The van der Waals surface area contributed by atoms with Gasteiger partial charge in [-0.25, -0.2) is 0 Å². The summed E-state index contributed by atoms with van der Waals surface area (Å²) in [6, 6.07) is 13.9. The van der Waals surface area contributed by atoms with E-state index in [1.54, 1.807) is 44.2 Å². The zero-order valence-corrected chi connectivity index (χ0v) is 74.3. The van der Waals surface area contributed by atoms with Crippen molar-refractivity contribution in [2.45, 2.75) is 128 Å². The number of carbonyl (C=O) groups excluding carboxylic acids is 14. The van der Waals surface area contributed by atoms with Crippen molar-refractivity contribution in [2.24, 2.45) is 45.1 Å². The number of ether oxygens (including phenoxy) is 10. The maximum Gasteiger partial charge on any atom is 0.304 e. The molecule has 40 nitrogen and oxygen atoms in total. The molecule has 15 N–H and O–H groups in total. The minimum absolute atomic E-state index is 0. The number of aliphatic imine (C=N–C) groups is 1. The minimum atomic E-state index is -1.46. The Balaban J connectivity index is 0.00000186. The van der Waals surface area contributed by atoms with Crippen molar-refractivity contribution < 1.29 is 134 Å². The van der Waals surface area contributed by atoms with E-state index in [1.807, 2.05) is 30.3 Å². The first-order valence-electron chi connectivity index (χ1n) is 41.5. The van der Waals surface area contributed by atoms with Crippen LogP contribution in [0.4, 0.5) is 4.70 Å². The van der Waals surface area contributed by atoms with Crippen LogP contribution in [0, 0.1) is 17.8 Å². The second-order valence-electron chi connectivity index (χ2n) is 28.6. The fraction of sp³-hybridized carbons (Fsp3) is 0.646. The Hall–Kier alpha value is -9.19. The molecule has 2 heterocycles. The van der Waals surface area contributed by atoms with Crippen LogP contribution in [-0.4, -0.2) is 324 Å². The largest absolute Gasteiger partial charge is 0.481 e. The molecule has 2 aromatic carbocycles. The van der Waals surface area contributed by atoms with Gasteiger partial charge in [-0.3, -0.25) is 76.8 Å². The molecule has 0 spiro atoms. The molecule has 44 heteroatoms. The van der Waals surface area contributed by atoms with Gasteiger partial charge in [-0.05, 0) is 76.3 Å². The quantitative estimate of drug-likeness (QED) is 0.0134. The number of halogens is 1. The van der Waals surface area contributed by atoms with Crippen LogP contribution >= 0.6 is 33.3 Å². The van der Waals surface area contributed by atoms with Gasteiger partial charge in [0, 0.05) is 107 Å². The molecular formula is C82H128FN13O27S3. The molecule has 0 aromatic heterocycles. The average molecular weight is 1840 g/mol. The number of primary amides is 1. The standard InChI is InChI=1S/C66H98N12O20S3.C16H29NO7.FH/c1-45-41-99-44-60(85)76-52(16-8-9-17-69-57(82)38-97-39-58(83)70-19-21-92-23-25-94-27-29-96-30-28-95-26-24-93-22-20-71-59(84)40-98-74-36-47-13-6-3-7-14-47)65(91)78-54-43-101-100-42-53(56(81)34-49(63(89)75-45)31-46-11-4-2-5-12-46)77-64(90)50(35-61(86)87)32-51(79)37-73-62(88)48(33-55(54)80)15-10-18-72-66(67)68;1-14(18)4-2-6-21-8-10-23-11-9-22-7-3-5-15(19)12-24-13-16(17)20;/h2-7,11-14,36,45,48-50,52-54H,8-10,15-35,37-44H2,1H3,(H,69,82)(H,70,83)(H,71,84)(H,73,88)(H,75,89)(H,76,85)(H,77,90)(H,78,91)(H,86,87)(H4,67,68,72);2-13H2,1H3,(H2,17,20);1H/b74-36+;;/t45-,48-,49-,50+,52+,53+,54+;;/m1../s1/i;;1-1. The number of nitrogens with zero attached hydrogens (tertiary/aromatic N) is 2. The fourth-order valence-corrected chi connectivity index (χ4v) is 14.6. The molecule has 708 valence electrons. The number of fused-ring (bicyclic) bond motifs is 5. The number of amides is 9. The van der Waals surface area contributed by atoms with Gasteiger partial charge in [0.25, 0.3) is 5.91 Å². The summed E-state index contributed by atoms with van der Waals surface area (Å²) in [5, 5.41) is 35.2. The number of thioether (sulfide) groups is 1. The molecule has 9 amide bonds. The molecule has 7 atom stereocenters. The zero-order valence-electron chi connectivity index (χ0n) is 71.8. The Morgan fingerprint density at radius 2 is 1.01 bits per heavy atom. The van der Waals surface area contributed by atoms with Gasteiger partial charge in [0.15, 0.2) is 35.7 Å². The minimum Gasteiger partial charge on any atom is -0.481 e. The number of nitrogens with one attached hydrogen (secondary N) is 8. The number of rotatable bonds is 57. The molecule has 0 unspecified atom stereocenters. The van der Waals surface area contributed by atoms with Crippen molar-refractivity contribution in [2.75, 3.05) is 194 Å². The summed E-state index contributed by atoms with van der Waals surface area (Å²) in [4.78, 5) is 203. The number of carbonyl (C=O) groups is 15. The highest BCUT2D eigenvalue weighted by Crippen LogP contribution is 2.27. The lowest BCUT2D eigenvalue weighted by Crippen LogP contribution is -2.53. The number of hydrogen-bond acceptors (Lipinski definition) is 31. The molecule has 0 radical (unpaired) electrons. The number of hydrogen-bond donors (Lipinski definition) is 12. The van der Waals surface area contributed by atoms with Gasteiger partial charge in [-0.1, -0.05) is 87.4 Å². The molecule has 2 aliphatic heterocycles. The number of carboxylic acid groups (broad SMARTS) is 1. The summed E-state index contributed by atoms with van der Waals surface area (Å²) < 4.78 is 53.5. The van der Waals surface area contributed by atoms with Gasteiger partial charge in [-0.15, -0.1) is 11.8 Å². The van der Waals surface area contributed by atoms with Crippen LogP contribution in [0.25, 0.3) is 0 Å². The fourth-order valence-electron chi connectivity index (χ4n) is 11.4. The molecule has 2 aromatic rings. The first-order valence-corrected chi connectivity index (χ1v) is 45.2. The van der Waals surface area contributed by atoms with E-state index in [4.69, 9.17) is 69.4 Å². The average Bonchev–Trinajstić information content (AvgIpc) is 0.876. The Kier molecular flexibility index (Phi) is 65.2. The number of Topliss-reactive ketones (excluding diaryl/α,β-unsaturated/α-hetero) is 5. The van der Waals surface area contributed by atoms with Crippen LogP contribution in [0.1, 0.15) is 108 Å². The first-order chi connectivity index (χ1) is 60.3. The third kappa shape index (κ3) is 60.5. The van der Waals surface area contributed by atoms with E-state index in [0.717, 1.165) is 39.1 Å². The molecule has 0 aliphatic carbocycles. The molecule has 2 fully saturated rings. The van der Waals surface area contributed by atoms with E-state index in [0.29, 0.717) is 125 Å². The number of aliphatic carboxylic acids is 1. The number of guanidine groups is 1. The van der Waals surface area contributed by atoms with Crippen LogP contribution in [0.3, 0.4) is 0 Å². The van der Waals surface area contributed by atoms with E-state index in [-0.39, 0.29) is 142 Å². The predicted molar refractivity (Wildman–Crippen MR) is 467 cm³/mol. The van der Waals surface area contributed by atoms with Gasteiger partial charge < -0.3 is 122 Å². The summed E-state index contributed by atoms with van der Waals surface area (Å²) in [5.74, 6) is -12.5. The van der Waals surface area contributed by atoms with Crippen molar-refractivity contribution in [1.82, 2.24) is 42.5 Å². The lowest BCUT2D eigenvalue weighted by Gasteiger charge is -2.25. The molecule has 4 rings (SSSR count). The van der Waals surface area contributed by atoms with Crippen molar-refractivity contribution >= 4 is 134 Å². The summed E-state index contributed by atoms with van der Waals surface area (Å²) in [5.41, 5.74) is 17.5. The van der Waals surface area contributed by atoms with E-state index >= 15 is 0 Å². The highest BCUT2D eigenvalue weighted by atomic mass is 33.1. The number of benzene rings is 2. The summed E-state index contributed by atoms with van der Waals surface area (Å²) in [7, 11) is 2.09. The third-order valence-corrected chi connectivity index (χ3v) is 21.3. The number of ketones is 5. The number of nitrogens with two attached hydrogens (primary N) is 3. The lowest BCUT2D eigenvalue weighted by atomic mass is 9.91. The van der Waals surface area contributed by atoms with E-state index < -0.39 is 152 Å². The molecule has 0 saturated carbocycles. The SMILES string of the molecule is CC(=O)CCCOCCOCCOCCCC(=O)COCC(N)=O.C[C@@H]1CSCC(=O)N[C@@H](CCCCNC(=O)COCC(=O)NCCOCCOCCOCCOCCOCCNC(=O)CO/N=C/c2ccccc2)C(=O)N[C@H]2CSSC[C@H](NC(=O)[C@H](CC(=O)O)CC(=O)CNC(=O)[C@H](CCCN=C(N)N)CC2=O)C(=O)C[C@@H](Cc2ccccc2)C(=O)N1.[18FH]. The number of unbranched alkanes of at least 4 members (excludes halogenated alkanes) is 1. The second-order valence-corrected chi connectivity index (χ2v) is 32.2. The molecular weight excluding hydrogens is 1710 g/mol. The monoisotopic (exact) mass is 1840 g/mol. The van der Waals surface area contributed by atoms with Crippen molar-refractivity contribution in [3.8, 4) is 0 Å². The maximum atomic E-state index is 14.5. The first kappa shape index (κ1) is 113. The third-order valence-electron chi connectivity index (χ3n) is 17.7. The second kappa shape index (κ2) is 72.8. The van der Waals surface area contributed by atoms with Gasteiger partial charge in [0.1, 0.15) is 38.3 Å². The normalized spacial score (nSPS) is 18.4. The number of carboxylic acids is 1. The summed E-state index contributed by atoms with van der Waals surface area (Å²) in [6.07, 6.45) is 2.51. The van der Waals surface area contributed by atoms with E-state index in [2.05, 4.69) is 52.7 Å². The molecule has 2 bridgehead atoms. The Labute approximate surface area is 745 Å². The highest BCUT2D eigenvalue weighted by molar-refractivity contribution is 8.76. The molecule has 126 heavy (non-hydrogen) atoms. The Morgan fingerprint density at radius 1 is 0.508 bits per heavy atom. The maximum absolute atomic E-state index is 14.5. The topological polar surface area (TPSA) is 577 Å². The van der Waals surface area contributed by atoms with Gasteiger partial charge >= 0.3 is 5.97 Å².